The van der Waals surface area contributed by atoms with Crippen LogP contribution in [0.2, 0.25) is 0 Å². The van der Waals surface area contributed by atoms with Crippen LogP contribution in [-0.4, -0.2) is 33.4 Å². The molecule has 2 N–H and O–H groups in total. The van der Waals surface area contributed by atoms with Gasteiger partial charge < -0.3 is 15.4 Å². The number of halogens is 1. The van der Waals surface area contributed by atoms with E-state index in [4.69, 9.17) is 10.5 Å². The Morgan fingerprint density at radius 1 is 1.42 bits per heavy atom. The predicted octanol–water partition coefficient (Wildman–Crippen LogP) is 2.19. The van der Waals surface area contributed by atoms with E-state index >= 15 is 0 Å². The van der Waals surface area contributed by atoms with Crippen LogP contribution in [-0.2, 0) is 11.2 Å². The Morgan fingerprint density at radius 2 is 2.21 bits per heavy atom. The van der Waals surface area contributed by atoms with Crippen molar-refractivity contribution in [2.24, 2.45) is 11.7 Å². The normalized spacial score (nSPS) is 14.7. The molecule has 2 rings (SSSR count). The van der Waals surface area contributed by atoms with Gasteiger partial charge in [-0.25, -0.2) is 4.39 Å². The second-order valence-electron chi connectivity index (χ2n) is 5.26. The molecule has 1 saturated carbocycles. The van der Waals surface area contributed by atoms with Crippen LogP contribution in [0.5, 0.6) is 0 Å². The SMILES string of the molecule is CN(CCOCC1CC1)c1ccc(CCN)cc1F. The molecule has 0 amide bonds. The van der Waals surface area contributed by atoms with Crippen molar-refractivity contribution in [3.8, 4) is 0 Å². The molecule has 0 unspecified atom stereocenters. The number of nitrogens with zero attached hydrogens (tertiary/aromatic N) is 1. The molecule has 0 aliphatic heterocycles. The monoisotopic (exact) mass is 266 g/mol. The highest BCUT2D eigenvalue weighted by Crippen LogP contribution is 2.28. The van der Waals surface area contributed by atoms with E-state index in [1.807, 2.05) is 24.1 Å². The second-order valence-corrected chi connectivity index (χ2v) is 5.26. The zero-order valence-corrected chi connectivity index (χ0v) is 11.6. The summed E-state index contributed by atoms with van der Waals surface area (Å²) in [7, 11) is 1.89. The zero-order valence-electron chi connectivity index (χ0n) is 11.6. The molecule has 0 bridgehead atoms. The van der Waals surface area contributed by atoms with Crippen LogP contribution in [0.25, 0.3) is 0 Å². The van der Waals surface area contributed by atoms with Crippen molar-refractivity contribution in [2.45, 2.75) is 19.3 Å². The van der Waals surface area contributed by atoms with Crippen molar-refractivity contribution in [3.05, 3.63) is 29.6 Å². The number of likely N-dealkylation sites (N-methyl/N-ethyl adjacent to an activating group) is 1. The van der Waals surface area contributed by atoms with Crippen LogP contribution in [0, 0.1) is 11.7 Å². The van der Waals surface area contributed by atoms with E-state index in [9.17, 15) is 4.39 Å². The maximum atomic E-state index is 13.9. The van der Waals surface area contributed by atoms with Crippen LogP contribution in [0.4, 0.5) is 10.1 Å². The summed E-state index contributed by atoms with van der Waals surface area (Å²) in [6.45, 7) is 2.76. The molecule has 106 valence electrons. The number of anilines is 1. The third kappa shape index (κ3) is 4.48. The average molecular weight is 266 g/mol. The molecule has 0 atom stereocenters. The molecule has 0 spiro atoms. The number of hydrogen-bond acceptors (Lipinski definition) is 3. The van der Waals surface area contributed by atoms with Gasteiger partial charge in [-0.2, -0.15) is 0 Å². The van der Waals surface area contributed by atoms with E-state index in [1.54, 1.807) is 6.07 Å². The van der Waals surface area contributed by atoms with E-state index < -0.39 is 0 Å². The fourth-order valence-electron chi connectivity index (χ4n) is 2.04. The number of hydrogen-bond donors (Lipinski definition) is 1. The fourth-order valence-corrected chi connectivity index (χ4v) is 2.04. The van der Waals surface area contributed by atoms with Crippen LogP contribution >= 0.6 is 0 Å². The summed E-state index contributed by atoms with van der Waals surface area (Å²) in [6.07, 6.45) is 3.31. The molecule has 1 aliphatic rings. The lowest BCUT2D eigenvalue weighted by Gasteiger charge is -2.20. The molecule has 0 radical (unpaired) electrons. The van der Waals surface area contributed by atoms with Gasteiger partial charge in [-0.05, 0) is 49.4 Å². The van der Waals surface area contributed by atoms with Gasteiger partial charge in [0.15, 0.2) is 0 Å². The summed E-state index contributed by atoms with van der Waals surface area (Å²) in [4.78, 5) is 1.90. The molecule has 1 aliphatic carbocycles. The van der Waals surface area contributed by atoms with Gasteiger partial charge >= 0.3 is 0 Å². The lowest BCUT2D eigenvalue weighted by molar-refractivity contribution is 0.131. The summed E-state index contributed by atoms with van der Waals surface area (Å²) < 4.78 is 19.5. The molecule has 1 fully saturated rings. The number of rotatable bonds is 8. The first kappa shape index (κ1) is 14.3. The molecule has 1 aromatic rings. The van der Waals surface area contributed by atoms with Crippen LogP contribution in [0.15, 0.2) is 18.2 Å². The molecule has 1 aromatic carbocycles. The Kier molecular flexibility index (Phi) is 5.16. The van der Waals surface area contributed by atoms with Gasteiger partial charge in [-0.1, -0.05) is 6.07 Å². The Bertz CT molecular complexity index is 407. The first-order chi connectivity index (χ1) is 9.20. The maximum Gasteiger partial charge on any atom is 0.146 e. The number of benzene rings is 1. The summed E-state index contributed by atoms with van der Waals surface area (Å²) in [5.41, 5.74) is 7.04. The minimum absolute atomic E-state index is 0.185. The lowest BCUT2D eigenvalue weighted by Crippen LogP contribution is -2.24. The van der Waals surface area contributed by atoms with Gasteiger partial charge in [-0.3, -0.25) is 0 Å². The molecule has 0 aromatic heterocycles. The quantitative estimate of drug-likeness (QED) is 0.733. The summed E-state index contributed by atoms with van der Waals surface area (Å²) in [6, 6.07) is 5.33. The summed E-state index contributed by atoms with van der Waals surface area (Å²) in [5, 5.41) is 0. The second kappa shape index (κ2) is 6.87. The molecular formula is C15H23FN2O. The standard InChI is InChI=1S/C15H23FN2O/c1-18(8-9-19-11-13-2-3-13)15-5-4-12(6-7-17)10-14(15)16/h4-5,10,13H,2-3,6-9,11,17H2,1H3. The van der Waals surface area contributed by atoms with E-state index in [1.165, 1.54) is 12.8 Å². The molecule has 0 heterocycles. The van der Waals surface area contributed by atoms with E-state index in [0.29, 0.717) is 31.8 Å². The van der Waals surface area contributed by atoms with Crippen molar-refractivity contribution >= 4 is 5.69 Å². The molecule has 3 nitrogen and oxygen atoms in total. The highest BCUT2D eigenvalue weighted by molar-refractivity contribution is 5.48. The van der Waals surface area contributed by atoms with E-state index in [-0.39, 0.29) is 5.82 Å². The van der Waals surface area contributed by atoms with Crippen LogP contribution in [0.3, 0.4) is 0 Å². The van der Waals surface area contributed by atoms with Gasteiger partial charge in [0.05, 0.1) is 12.3 Å². The molecule has 4 heteroatoms. The summed E-state index contributed by atoms with van der Waals surface area (Å²) >= 11 is 0. The average Bonchev–Trinajstić information content (AvgIpc) is 3.19. The number of nitrogens with two attached hydrogens (primary N) is 1. The largest absolute Gasteiger partial charge is 0.379 e. The van der Waals surface area contributed by atoms with Gasteiger partial charge in [0.2, 0.25) is 0 Å². The van der Waals surface area contributed by atoms with Crippen molar-refractivity contribution < 1.29 is 9.13 Å². The molecule has 19 heavy (non-hydrogen) atoms. The maximum absolute atomic E-state index is 13.9. The van der Waals surface area contributed by atoms with Gasteiger partial charge in [-0.15, -0.1) is 0 Å². The Hall–Kier alpha value is -1.13. The number of ether oxygens (including phenoxy) is 1. The van der Waals surface area contributed by atoms with Gasteiger partial charge in [0, 0.05) is 20.2 Å². The highest BCUT2D eigenvalue weighted by Gasteiger charge is 2.21. The van der Waals surface area contributed by atoms with Crippen molar-refractivity contribution in [2.75, 3.05) is 38.3 Å². The Labute approximate surface area is 114 Å². The smallest absolute Gasteiger partial charge is 0.146 e. The third-order valence-electron chi connectivity index (χ3n) is 3.48. The Morgan fingerprint density at radius 3 is 2.84 bits per heavy atom. The third-order valence-corrected chi connectivity index (χ3v) is 3.48. The zero-order chi connectivity index (χ0) is 13.7. The van der Waals surface area contributed by atoms with Crippen molar-refractivity contribution in [1.29, 1.82) is 0 Å². The van der Waals surface area contributed by atoms with Crippen LogP contribution in [0.1, 0.15) is 18.4 Å². The van der Waals surface area contributed by atoms with Crippen molar-refractivity contribution in [3.63, 3.8) is 0 Å². The van der Waals surface area contributed by atoms with Crippen molar-refractivity contribution in [1.82, 2.24) is 0 Å². The first-order valence-corrected chi connectivity index (χ1v) is 6.98. The summed E-state index contributed by atoms with van der Waals surface area (Å²) in [5.74, 6) is 0.591. The van der Waals surface area contributed by atoms with E-state index in [0.717, 1.165) is 18.1 Å². The van der Waals surface area contributed by atoms with E-state index in [2.05, 4.69) is 0 Å². The predicted molar refractivity (Wildman–Crippen MR) is 76.0 cm³/mol. The van der Waals surface area contributed by atoms with Gasteiger partial charge in [0.25, 0.3) is 0 Å². The minimum Gasteiger partial charge on any atom is -0.379 e. The molecular weight excluding hydrogens is 243 g/mol. The molecule has 0 saturated heterocycles. The lowest BCUT2D eigenvalue weighted by atomic mass is 10.1. The van der Waals surface area contributed by atoms with Gasteiger partial charge in [0.1, 0.15) is 5.82 Å². The Balaban J connectivity index is 1.81. The highest BCUT2D eigenvalue weighted by atomic mass is 19.1. The fraction of sp³-hybridized carbons (Fsp3) is 0.600. The minimum atomic E-state index is -0.185. The first-order valence-electron chi connectivity index (χ1n) is 6.98. The van der Waals surface area contributed by atoms with Crippen LogP contribution < -0.4 is 10.6 Å². The topological polar surface area (TPSA) is 38.5 Å².